The number of fused-ring (bicyclic) bond motifs is 1. The van der Waals surface area contributed by atoms with E-state index in [2.05, 4.69) is 37.6 Å². The Kier molecular flexibility index (Phi) is 4.71. The summed E-state index contributed by atoms with van der Waals surface area (Å²) in [5.74, 6) is 0.235. The third kappa shape index (κ3) is 3.59. The smallest absolute Gasteiger partial charge is 0.311 e. The van der Waals surface area contributed by atoms with Crippen LogP contribution < -0.4 is 15.5 Å². The third-order valence-corrected chi connectivity index (χ3v) is 6.00. The number of hydrogen-bond donors (Lipinski definition) is 2. The fourth-order valence-electron chi connectivity index (χ4n) is 3.44. The second-order valence-corrected chi connectivity index (χ2v) is 7.85. The summed E-state index contributed by atoms with van der Waals surface area (Å²) in [6, 6.07) is 12.1. The SMILES string of the molecule is O=C(Nc1cnccc1N1CCNCC1)c1ncc(-c2cc3ccccc3s2)o1. The molecule has 0 saturated carbocycles. The summed E-state index contributed by atoms with van der Waals surface area (Å²) in [6.07, 6.45) is 4.99. The number of amides is 1. The highest BCUT2D eigenvalue weighted by Crippen LogP contribution is 2.34. The second-order valence-electron chi connectivity index (χ2n) is 6.76. The van der Waals surface area contributed by atoms with Crippen molar-refractivity contribution in [1.82, 2.24) is 15.3 Å². The van der Waals surface area contributed by atoms with Crippen LogP contribution in [0.1, 0.15) is 10.7 Å². The van der Waals surface area contributed by atoms with Gasteiger partial charge in [-0.2, -0.15) is 0 Å². The number of thiophene rings is 1. The minimum atomic E-state index is -0.387. The number of hydrogen-bond acceptors (Lipinski definition) is 7. The molecule has 0 atom stereocenters. The highest BCUT2D eigenvalue weighted by molar-refractivity contribution is 7.22. The lowest BCUT2D eigenvalue weighted by atomic mass is 10.2. The van der Waals surface area contributed by atoms with Crippen LogP contribution in [0.15, 0.2) is 59.4 Å². The molecule has 0 unspecified atom stereocenters. The molecule has 0 bridgehead atoms. The van der Waals surface area contributed by atoms with E-state index in [-0.39, 0.29) is 11.8 Å². The van der Waals surface area contributed by atoms with Gasteiger partial charge in [-0.05, 0) is 23.6 Å². The van der Waals surface area contributed by atoms with Crippen LogP contribution in [0.3, 0.4) is 0 Å². The average molecular weight is 405 g/mol. The molecule has 5 rings (SSSR count). The van der Waals surface area contributed by atoms with Crippen LogP contribution in [0.5, 0.6) is 0 Å². The number of carbonyl (C=O) groups excluding carboxylic acids is 1. The lowest BCUT2D eigenvalue weighted by Gasteiger charge is -2.30. The second kappa shape index (κ2) is 7.65. The van der Waals surface area contributed by atoms with Gasteiger partial charge in [0.05, 0.1) is 28.6 Å². The summed E-state index contributed by atoms with van der Waals surface area (Å²) in [5.41, 5.74) is 1.60. The molecule has 0 radical (unpaired) electrons. The van der Waals surface area contributed by atoms with Crippen LogP contribution in [0, 0.1) is 0 Å². The van der Waals surface area contributed by atoms with Crippen LogP contribution in [-0.4, -0.2) is 42.1 Å². The van der Waals surface area contributed by atoms with Crippen molar-refractivity contribution >= 4 is 38.7 Å². The van der Waals surface area contributed by atoms with E-state index < -0.39 is 0 Å². The molecule has 2 N–H and O–H groups in total. The van der Waals surface area contributed by atoms with Gasteiger partial charge in [0.15, 0.2) is 5.76 Å². The molecule has 1 aliphatic rings. The minimum absolute atomic E-state index is 0.0348. The maximum Gasteiger partial charge on any atom is 0.311 e. The Morgan fingerprint density at radius 1 is 1.17 bits per heavy atom. The van der Waals surface area contributed by atoms with E-state index in [0.717, 1.165) is 42.1 Å². The molecule has 1 saturated heterocycles. The average Bonchev–Trinajstić information content (AvgIpc) is 3.42. The molecule has 29 heavy (non-hydrogen) atoms. The summed E-state index contributed by atoms with van der Waals surface area (Å²) in [5, 5.41) is 7.37. The van der Waals surface area contributed by atoms with Crippen LogP contribution in [-0.2, 0) is 0 Å². The Morgan fingerprint density at radius 3 is 2.90 bits per heavy atom. The molecule has 1 amide bonds. The van der Waals surface area contributed by atoms with Gasteiger partial charge in [-0.25, -0.2) is 4.98 Å². The molecule has 4 heterocycles. The van der Waals surface area contributed by atoms with E-state index in [1.165, 1.54) is 4.70 Å². The Morgan fingerprint density at radius 2 is 2.03 bits per heavy atom. The van der Waals surface area contributed by atoms with E-state index in [1.54, 1.807) is 29.9 Å². The standard InChI is InChI=1S/C21H19N5O2S/c27-20(25-15-12-23-6-5-16(15)26-9-7-22-8-10-26)21-24-13-17(28-21)19-11-14-3-1-2-4-18(14)29-19/h1-6,11-13,22H,7-10H2,(H,25,27). The Balaban J connectivity index is 1.37. The predicted octanol–water partition coefficient (Wildman–Crippen LogP) is 3.61. The molecule has 1 aromatic carbocycles. The van der Waals surface area contributed by atoms with Crippen molar-refractivity contribution in [3.63, 3.8) is 0 Å². The molecule has 1 aliphatic heterocycles. The molecule has 4 aromatic rings. The van der Waals surface area contributed by atoms with Gasteiger partial charge in [0.1, 0.15) is 0 Å². The van der Waals surface area contributed by atoms with E-state index >= 15 is 0 Å². The zero-order chi connectivity index (χ0) is 19.6. The zero-order valence-corrected chi connectivity index (χ0v) is 16.4. The lowest BCUT2D eigenvalue weighted by molar-refractivity contribution is 0.0991. The van der Waals surface area contributed by atoms with Crippen molar-refractivity contribution < 1.29 is 9.21 Å². The van der Waals surface area contributed by atoms with Crippen LogP contribution >= 0.6 is 11.3 Å². The number of aromatic nitrogens is 2. The van der Waals surface area contributed by atoms with E-state index in [1.807, 2.05) is 24.3 Å². The Bertz CT molecular complexity index is 1130. The molecule has 146 valence electrons. The van der Waals surface area contributed by atoms with Crippen LogP contribution in [0.25, 0.3) is 20.7 Å². The van der Waals surface area contributed by atoms with E-state index in [0.29, 0.717) is 11.4 Å². The molecular weight excluding hydrogens is 386 g/mol. The number of pyridine rings is 1. The molecule has 8 heteroatoms. The van der Waals surface area contributed by atoms with Crippen molar-refractivity contribution in [3.8, 4) is 10.6 Å². The van der Waals surface area contributed by atoms with Gasteiger partial charge in [0.2, 0.25) is 0 Å². The molecule has 7 nitrogen and oxygen atoms in total. The van der Waals surface area contributed by atoms with Crippen molar-refractivity contribution in [2.24, 2.45) is 0 Å². The minimum Gasteiger partial charge on any atom is -0.431 e. The van der Waals surface area contributed by atoms with E-state index in [4.69, 9.17) is 4.42 Å². The first-order chi connectivity index (χ1) is 14.3. The van der Waals surface area contributed by atoms with Crippen molar-refractivity contribution in [2.75, 3.05) is 36.4 Å². The number of piperazine rings is 1. The highest BCUT2D eigenvalue weighted by atomic mass is 32.1. The normalized spacial score (nSPS) is 14.3. The number of benzene rings is 1. The molecule has 1 fully saturated rings. The fourth-order valence-corrected chi connectivity index (χ4v) is 4.45. The van der Waals surface area contributed by atoms with Gasteiger partial charge >= 0.3 is 5.91 Å². The molecule has 0 spiro atoms. The third-order valence-electron chi connectivity index (χ3n) is 4.87. The number of rotatable bonds is 4. The monoisotopic (exact) mass is 405 g/mol. The lowest BCUT2D eigenvalue weighted by Crippen LogP contribution is -2.43. The van der Waals surface area contributed by atoms with Gasteiger partial charge in [0, 0.05) is 37.1 Å². The summed E-state index contributed by atoms with van der Waals surface area (Å²) >= 11 is 1.61. The molecular formula is C21H19N5O2S. The van der Waals surface area contributed by atoms with Crippen molar-refractivity contribution in [1.29, 1.82) is 0 Å². The first-order valence-corrected chi connectivity index (χ1v) is 10.3. The van der Waals surface area contributed by atoms with Gasteiger partial charge in [-0.3, -0.25) is 9.78 Å². The summed E-state index contributed by atoms with van der Waals surface area (Å²) < 4.78 is 6.93. The summed E-state index contributed by atoms with van der Waals surface area (Å²) in [6.45, 7) is 3.58. The maximum atomic E-state index is 12.7. The quantitative estimate of drug-likeness (QED) is 0.540. The van der Waals surface area contributed by atoms with E-state index in [9.17, 15) is 4.79 Å². The maximum absolute atomic E-state index is 12.7. The zero-order valence-electron chi connectivity index (χ0n) is 15.6. The van der Waals surface area contributed by atoms with Crippen LogP contribution in [0.2, 0.25) is 0 Å². The predicted molar refractivity (Wildman–Crippen MR) is 115 cm³/mol. The number of nitrogens with zero attached hydrogens (tertiary/aromatic N) is 3. The number of oxazole rings is 1. The number of nitrogens with one attached hydrogen (secondary N) is 2. The van der Waals surface area contributed by atoms with Gasteiger partial charge in [0.25, 0.3) is 5.89 Å². The Labute approximate surface area is 171 Å². The summed E-state index contributed by atoms with van der Waals surface area (Å²) in [7, 11) is 0. The van der Waals surface area contributed by atoms with Crippen LogP contribution in [0.4, 0.5) is 11.4 Å². The largest absolute Gasteiger partial charge is 0.431 e. The molecule has 0 aliphatic carbocycles. The van der Waals surface area contributed by atoms with Crippen molar-refractivity contribution in [2.45, 2.75) is 0 Å². The summed E-state index contributed by atoms with van der Waals surface area (Å²) in [4.78, 5) is 24.3. The highest BCUT2D eigenvalue weighted by Gasteiger charge is 2.19. The van der Waals surface area contributed by atoms with Crippen molar-refractivity contribution in [3.05, 3.63) is 60.9 Å². The first-order valence-electron chi connectivity index (χ1n) is 9.44. The van der Waals surface area contributed by atoms with Gasteiger partial charge in [-0.15, -0.1) is 11.3 Å². The Hall–Kier alpha value is -3.23. The molecule has 3 aromatic heterocycles. The number of anilines is 2. The van der Waals surface area contributed by atoms with Gasteiger partial charge in [-0.1, -0.05) is 18.2 Å². The first kappa shape index (κ1) is 17.8. The van der Waals surface area contributed by atoms with Gasteiger partial charge < -0.3 is 20.0 Å². The fraction of sp³-hybridized carbons (Fsp3) is 0.190. The topological polar surface area (TPSA) is 83.3 Å². The number of carbonyl (C=O) groups is 1.